The molecule has 6 nitrogen and oxygen atoms in total. The summed E-state index contributed by atoms with van der Waals surface area (Å²) >= 11 is 0. The second kappa shape index (κ2) is 11.1. The van der Waals surface area contributed by atoms with E-state index in [1.54, 1.807) is 14.2 Å². The minimum Gasteiger partial charge on any atom is -0.497 e. The summed E-state index contributed by atoms with van der Waals surface area (Å²) in [6, 6.07) is 14.8. The van der Waals surface area contributed by atoms with Crippen LogP contribution in [-0.4, -0.2) is 40.0 Å². The molecule has 2 aromatic rings. The average molecular weight is 372 g/mol. The predicted molar refractivity (Wildman–Crippen MR) is 105 cm³/mol. The topological polar surface area (TPSA) is 68.8 Å². The number of methoxy groups -OCH3 is 2. The largest absolute Gasteiger partial charge is 0.497 e. The molecule has 6 heteroatoms. The fourth-order valence-corrected chi connectivity index (χ4v) is 2.65. The van der Waals surface area contributed by atoms with Crippen molar-refractivity contribution in [3.8, 4) is 11.5 Å². The van der Waals surface area contributed by atoms with Gasteiger partial charge in [-0.15, -0.1) is 0 Å². The molecule has 2 amide bonds. The molecule has 0 fully saturated rings. The molecule has 146 valence electrons. The summed E-state index contributed by atoms with van der Waals surface area (Å²) in [6.45, 7) is 3.83. The molecule has 0 saturated carbocycles. The highest BCUT2D eigenvalue weighted by atomic mass is 16.5. The highest BCUT2D eigenvalue weighted by Gasteiger charge is 2.17. The maximum atomic E-state index is 12.4. The van der Waals surface area contributed by atoms with Crippen molar-refractivity contribution in [3.05, 3.63) is 59.7 Å². The van der Waals surface area contributed by atoms with Crippen LogP contribution in [0, 0.1) is 0 Å². The van der Waals surface area contributed by atoms with Crippen molar-refractivity contribution in [3.63, 3.8) is 0 Å². The van der Waals surface area contributed by atoms with Gasteiger partial charge >= 0.3 is 6.03 Å². The van der Waals surface area contributed by atoms with Gasteiger partial charge in [0, 0.05) is 19.8 Å². The fraction of sp³-hybridized carbons (Fsp3) is 0.381. The lowest BCUT2D eigenvalue weighted by molar-refractivity contribution is 0.145. The third-order valence-corrected chi connectivity index (χ3v) is 4.13. The standard InChI is InChI=1S/C21H28N2O4/c1-4-27-15-5-14-22-21(24)23-20(16-6-10-18(25-2)11-7-16)17-8-12-19(26-3)13-9-17/h6-13,20H,4-5,14-15H2,1-3H3,(H2,22,23,24). The first kappa shape index (κ1) is 20.6. The van der Waals surface area contributed by atoms with Crippen LogP contribution in [-0.2, 0) is 4.74 Å². The van der Waals surface area contributed by atoms with Crippen molar-refractivity contribution in [2.45, 2.75) is 19.4 Å². The average Bonchev–Trinajstić information content (AvgIpc) is 2.72. The number of amides is 2. The SMILES string of the molecule is CCOCCCNC(=O)NC(c1ccc(OC)cc1)c1ccc(OC)cc1. The Morgan fingerprint density at radius 3 is 1.89 bits per heavy atom. The monoisotopic (exact) mass is 372 g/mol. The number of carbonyl (C=O) groups is 1. The molecular weight excluding hydrogens is 344 g/mol. The van der Waals surface area contributed by atoms with Gasteiger partial charge in [-0.25, -0.2) is 4.79 Å². The van der Waals surface area contributed by atoms with Gasteiger partial charge < -0.3 is 24.8 Å². The number of ether oxygens (including phenoxy) is 3. The zero-order valence-corrected chi connectivity index (χ0v) is 16.2. The Labute approximate surface area is 160 Å². The van der Waals surface area contributed by atoms with Gasteiger partial charge in [0.25, 0.3) is 0 Å². The van der Waals surface area contributed by atoms with Crippen LogP contribution >= 0.6 is 0 Å². The van der Waals surface area contributed by atoms with E-state index in [0.717, 1.165) is 29.0 Å². The minimum atomic E-state index is -0.284. The Bertz CT molecular complexity index is 639. The molecule has 27 heavy (non-hydrogen) atoms. The van der Waals surface area contributed by atoms with E-state index in [4.69, 9.17) is 14.2 Å². The predicted octanol–water partition coefficient (Wildman–Crippen LogP) is 3.52. The van der Waals surface area contributed by atoms with Crippen LogP contribution in [0.2, 0.25) is 0 Å². The number of rotatable bonds is 10. The van der Waals surface area contributed by atoms with Gasteiger partial charge in [-0.3, -0.25) is 0 Å². The van der Waals surface area contributed by atoms with E-state index in [1.165, 1.54) is 0 Å². The first-order valence-electron chi connectivity index (χ1n) is 9.08. The summed E-state index contributed by atoms with van der Waals surface area (Å²) in [5, 5.41) is 5.92. The van der Waals surface area contributed by atoms with E-state index in [1.807, 2.05) is 55.5 Å². The molecule has 0 bridgehead atoms. The van der Waals surface area contributed by atoms with Crippen molar-refractivity contribution >= 4 is 6.03 Å². The molecule has 0 aliphatic rings. The summed E-state index contributed by atoms with van der Waals surface area (Å²) < 4.78 is 15.7. The summed E-state index contributed by atoms with van der Waals surface area (Å²) in [7, 11) is 3.26. The zero-order valence-electron chi connectivity index (χ0n) is 16.2. The molecular formula is C21H28N2O4. The molecule has 0 aliphatic carbocycles. The van der Waals surface area contributed by atoms with Crippen LogP contribution < -0.4 is 20.1 Å². The molecule has 2 aromatic carbocycles. The van der Waals surface area contributed by atoms with Crippen molar-refractivity contribution in [1.82, 2.24) is 10.6 Å². The lowest BCUT2D eigenvalue weighted by Gasteiger charge is -2.21. The quantitative estimate of drug-likeness (QED) is 0.626. The number of carbonyl (C=O) groups excluding carboxylic acids is 1. The Morgan fingerprint density at radius 2 is 1.44 bits per heavy atom. The van der Waals surface area contributed by atoms with Crippen LogP contribution in [0.15, 0.2) is 48.5 Å². The van der Waals surface area contributed by atoms with Crippen LogP contribution in [0.5, 0.6) is 11.5 Å². The number of benzene rings is 2. The summed E-state index contributed by atoms with van der Waals surface area (Å²) in [6.07, 6.45) is 0.775. The first-order chi connectivity index (χ1) is 13.2. The first-order valence-corrected chi connectivity index (χ1v) is 9.08. The van der Waals surface area contributed by atoms with Crippen LogP contribution in [0.4, 0.5) is 4.79 Å². The fourth-order valence-electron chi connectivity index (χ4n) is 2.65. The van der Waals surface area contributed by atoms with E-state index < -0.39 is 0 Å². The smallest absolute Gasteiger partial charge is 0.315 e. The van der Waals surface area contributed by atoms with Crippen molar-refractivity contribution in [2.24, 2.45) is 0 Å². The maximum absolute atomic E-state index is 12.4. The lowest BCUT2D eigenvalue weighted by atomic mass is 9.98. The molecule has 0 spiro atoms. The van der Waals surface area contributed by atoms with Gasteiger partial charge in [-0.05, 0) is 48.7 Å². The van der Waals surface area contributed by atoms with Gasteiger partial charge in [0.15, 0.2) is 0 Å². The molecule has 0 atom stereocenters. The number of hydrogen-bond acceptors (Lipinski definition) is 4. The maximum Gasteiger partial charge on any atom is 0.315 e. The second-order valence-corrected chi connectivity index (χ2v) is 5.93. The van der Waals surface area contributed by atoms with Crippen LogP contribution in [0.25, 0.3) is 0 Å². The highest BCUT2D eigenvalue weighted by Crippen LogP contribution is 2.25. The van der Waals surface area contributed by atoms with E-state index in [-0.39, 0.29) is 12.1 Å². The molecule has 2 N–H and O–H groups in total. The molecule has 0 aliphatic heterocycles. The molecule has 0 unspecified atom stereocenters. The zero-order chi connectivity index (χ0) is 19.5. The summed E-state index contributed by atoms with van der Waals surface area (Å²) in [5.74, 6) is 1.54. The van der Waals surface area contributed by atoms with E-state index in [0.29, 0.717) is 19.8 Å². The van der Waals surface area contributed by atoms with Gasteiger partial charge in [0.05, 0.1) is 20.3 Å². The van der Waals surface area contributed by atoms with Gasteiger partial charge in [-0.1, -0.05) is 24.3 Å². The summed E-state index contributed by atoms with van der Waals surface area (Å²) in [4.78, 5) is 12.4. The van der Waals surface area contributed by atoms with Gasteiger partial charge in [0.2, 0.25) is 0 Å². The number of hydrogen-bond donors (Lipinski definition) is 2. The third kappa shape index (κ3) is 6.49. The normalized spacial score (nSPS) is 10.5. The Balaban J connectivity index is 2.09. The van der Waals surface area contributed by atoms with Crippen molar-refractivity contribution in [2.75, 3.05) is 34.0 Å². The van der Waals surface area contributed by atoms with Gasteiger partial charge in [0.1, 0.15) is 11.5 Å². The van der Waals surface area contributed by atoms with E-state index in [9.17, 15) is 4.79 Å². The van der Waals surface area contributed by atoms with Gasteiger partial charge in [-0.2, -0.15) is 0 Å². The second-order valence-electron chi connectivity index (χ2n) is 5.93. The van der Waals surface area contributed by atoms with E-state index >= 15 is 0 Å². The number of urea groups is 1. The minimum absolute atomic E-state index is 0.219. The van der Waals surface area contributed by atoms with Crippen LogP contribution in [0.3, 0.4) is 0 Å². The Kier molecular flexibility index (Phi) is 8.45. The Morgan fingerprint density at radius 1 is 0.926 bits per heavy atom. The number of nitrogens with one attached hydrogen (secondary N) is 2. The molecule has 2 rings (SSSR count). The van der Waals surface area contributed by atoms with Crippen LogP contribution in [0.1, 0.15) is 30.5 Å². The molecule has 0 saturated heterocycles. The van der Waals surface area contributed by atoms with Crippen molar-refractivity contribution in [1.29, 1.82) is 0 Å². The third-order valence-electron chi connectivity index (χ3n) is 4.13. The molecule has 0 radical (unpaired) electrons. The lowest BCUT2D eigenvalue weighted by Crippen LogP contribution is -2.39. The van der Waals surface area contributed by atoms with E-state index in [2.05, 4.69) is 10.6 Å². The molecule has 0 heterocycles. The summed E-state index contributed by atoms with van der Waals surface area (Å²) in [5.41, 5.74) is 1.93. The molecule has 0 aromatic heterocycles. The Hall–Kier alpha value is -2.73. The highest BCUT2D eigenvalue weighted by molar-refractivity contribution is 5.75. The van der Waals surface area contributed by atoms with Crippen molar-refractivity contribution < 1.29 is 19.0 Å².